The van der Waals surface area contributed by atoms with Crippen molar-refractivity contribution in [2.45, 2.75) is 0 Å². The Morgan fingerprint density at radius 2 is 2.15 bits per heavy atom. The molecule has 1 aromatic rings. The number of alkyl halides is 1. The van der Waals surface area contributed by atoms with Gasteiger partial charge in [-0.3, -0.25) is 9.59 Å². The van der Waals surface area contributed by atoms with Crippen LogP contribution in [-0.2, 0) is 4.79 Å². The van der Waals surface area contributed by atoms with Gasteiger partial charge in [0, 0.05) is 0 Å². The Balaban J connectivity index is 2.87. The number of carbonyl (C=O) groups is 2. The summed E-state index contributed by atoms with van der Waals surface area (Å²) in [5.41, 5.74) is 0.372. The van der Waals surface area contributed by atoms with Crippen LogP contribution in [0.4, 0.5) is 0 Å². The maximum Gasteiger partial charge on any atom is 0.321 e. The molecule has 1 rings (SSSR count). The molecule has 0 aromatic heterocycles. The summed E-state index contributed by atoms with van der Waals surface area (Å²) in [6.45, 7) is 0. The third-order valence-corrected chi connectivity index (χ3v) is 1.84. The van der Waals surface area contributed by atoms with Crippen LogP contribution < -0.4 is 4.74 Å². The van der Waals surface area contributed by atoms with Gasteiger partial charge in [0.15, 0.2) is 6.29 Å². The molecule has 0 atom stereocenters. The van der Waals surface area contributed by atoms with Gasteiger partial charge in [-0.1, -0.05) is 28.1 Å². The van der Waals surface area contributed by atoms with E-state index in [4.69, 9.17) is 4.74 Å². The van der Waals surface area contributed by atoms with Crippen molar-refractivity contribution >= 4 is 28.2 Å². The zero-order valence-corrected chi connectivity index (χ0v) is 8.28. The van der Waals surface area contributed by atoms with Gasteiger partial charge in [0.1, 0.15) is 11.1 Å². The van der Waals surface area contributed by atoms with Gasteiger partial charge < -0.3 is 4.74 Å². The maximum atomic E-state index is 10.9. The molecule has 1 aromatic carbocycles. The minimum Gasteiger partial charge on any atom is -0.425 e. The Morgan fingerprint density at radius 3 is 2.77 bits per heavy atom. The van der Waals surface area contributed by atoms with Crippen molar-refractivity contribution < 1.29 is 14.3 Å². The number of benzene rings is 1. The Kier molecular flexibility index (Phi) is 3.64. The van der Waals surface area contributed by atoms with Gasteiger partial charge in [-0.25, -0.2) is 0 Å². The van der Waals surface area contributed by atoms with E-state index in [0.717, 1.165) is 0 Å². The lowest BCUT2D eigenvalue weighted by Crippen LogP contribution is -2.09. The number of halogens is 1. The lowest BCUT2D eigenvalue weighted by Gasteiger charge is -2.03. The lowest BCUT2D eigenvalue weighted by atomic mass is 10.2. The fraction of sp³-hybridized carbons (Fsp3) is 0.111. The Labute approximate surface area is 83.8 Å². The van der Waals surface area contributed by atoms with Crippen molar-refractivity contribution in [3.8, 4) is 5.75 Å². The average molecular weight is 243 g/mol. The predicted molar refractivity (Wildman–Crippen MR) is 51.3 cm³/mol. The van der Waals surface area contributed by atoms with Crippen LogP contribution in [0.15, 0.2) is 24.3 Å². The van der Waals surface area contributed by atoms with Gasteiger partial charge in [0.25, 0.3) is 0 Å². The summed E-state index contributed by atoms with van der Waals surface area (Å²) < 4.78 is 4.87. The standard InChI is InChI=1S/C9H7BrO3/c10-5-9(12)13-8-4-2-1-3-7(8)6-11/h1-4,6H,5H2. The minimum absolute atomic E-state index is 0.111. The maximum absolute atomic E-state index is 10.9. The van der Waals surface area contributed by atoms with Crippen molar-refractivity contribution in [3.63, 3.8) is 0 Å². The van der Waals surface area contributed by atoms with Crippen LogP contribution in [0.3, 0.4) is 0 Å². The molecule has 0 saturated carbocycles. The first-order chi connectivity index (χ1) is 6.27. The molecule has 0 radical (unpaired) electrons. The molecule has 3 nitrogen and oxygen atoms in total. The van der Waals surface area contributed by atoms with E-state index in [9.17, 15) is 9.59 Å². The molecule has 0 heterocycles. The van der Waals surface area contributed by atoms with Crippen LogP contribution in [0.5, 0.6) is 5.75 Å². The first-order valence-electron chi connectivity index (χ1n) is 3.58. The number of hydrogen-bond acceptors (Lipinski definition) is 3. The summed E-state index contributed by atoms with van der Waals surface area (Å²) in [5, 5.41) is 0.111. The van der Waals surface area contributed by atoms with Crippen molar-refractivity contribution in [3.05, 3.63) is 29.8 Å². The highest BCUT2D eigenvalue weighted by Crippen LogP contribution is 2.15. The Hall–Kier alpha value is -1.16. The number of esters is 1. The Morgan fingerprint density at radius 1 is 1.46 bits per heavy atom. The van der Waals surface area contributed by atoms with E-state index in [1.165, 1.54) is 0 Å². The fourth-order valence-electron chi connectivity index (χ4n) is 0.821. The van der Waals surface area contributed by atoms with Crippen LogP contribution >= 0.6 is 15.9 Å². The van der Waals surface area contributed by atoms with Crippen molar-refractivity contribution in [1.29, 1.82) is 0 Å². The first kappa shape index (κ1) is 9.92. The van der Waals surface area contributed by atoms with Gasteiger partial charge in [-0.2, -0.15) is 0 Å². The minimum atomic E-state index is -0.422. The van der Waals surface area contributed by atoms with E-state index in [1.807, 2.05) is 0 Å². The predicted octanol–water partition coefficient (Wildman–Crippen LogP) is 1.80. The summed E-state index contributed by atoms with van der Waals surface area (Å²) in [4.78, 5) is 21.4. The molecule has 0 fully saturated rings. The molecular formula is C9H7BrO3. The molecule has 0 bridgehead atoms. The molecule has 68 valence electrons. The monoisotopic (exact) mass is 242 g/mol. The summed E-state index contributed by atoms with van der Waals surface area (Å²) in [6, 6.07) is 6.56. The summed E-state index contributed by atoms with van der Waals surface area (Å²) >= 11 is 2.96. The van der Waals surface area contributed by atoms with Crippen molar-refractivity contribution in [2.75, 3.05) is 5.33 Å². The van der Waals surface area contributed by atoms with Crippen LogP contribution in [0.2, 0.25) is 0 Å². The van der Waals surface area contributed by atoms with Crippen LogP contribution in [0.1, 0.15) is 10.4 Å². The van der Waals surface area contributed by atoms with Gasteiger partial charge in [-0.05, 0) is 12.1 Å². The third kappa shape index (κ3) is 2.66. The topological polar surface area (TPSA) is 43.4 Å². The highest BCUT2D eigenvalue weighted by molar-refractivity contribution is 9.09. The molecule has 0 amide bonds. The van der Waals surface area contributed by atoms with Gasteiger partial charge in [-0.15, -0.1) is 0 Å². The number of ether oxygens (including phenoxy) is 1. The highest BCUT2D eigenvalue weighted by Gasteiger charge is 2.05. The van der Waals surface area contributed by atoms with Crippen molar-refractivity contribution in [2.24, 2.45) is 0 Å². The Bertz CT molecular complexity index is 322. The third-order valence-electron chi connectivity index (χ3n) is 1.38. The van der Waals surface area contributed by atoms with E-state index in [0.29, 0.717) is 17.6 Å². The lowest BCUT2D eigenvalue weighted by molar-refractivity contribution is -0.131. The average Bonchev–Trinajstić information content (AvgIpc) is 2.18. The molecule has 0 spiro atoms. The van der Waals surface area contributed by atoms with Crippen LogP contribution in [0.25, 0.3) is 0 Å². The quantitative estimate of drug-likeness (QED) is 0.352. The second kappa shape index (κ2) is 4.77. The molecule has 0 aliphatic carbocycles. The van der Waals surface area contributed by atoms with E-state index in [1.54, 1.807) is 24.3 Å². The molecule has 0 N–H and O–H groups in total. The van der Waals surface area contributed by atoms with E-state index in [-0.39, 0.29) is 5.33 Å². The summed E-state index contributed by atoms with van der Waals surface area (Å²) in [7, 11) is 0. The van der Waals surface area contributed by atoms with E-state index >= 15 is 0 Å². The summed E-state index contributed by atoms with van der Waals surface area (Å²) in [6.07, 6.45) is 0.650. The molecule has 0 unspecified atom stereocenters. The number of carbonyl (C=O) groups excluding carboxylic acids is 2. The number of rotatable bonds is 3. The normalized spacial score (nSPS) is 9.31. The second-order valence-electron chi connectivity index (χ2n) is 2.26. The second-order valence-corrected chi connectivity index (χ2v) is 2.82. The number of hydrogen-bond donors (Lipinski definition) is 0. The molecular weight excluding hydrogens is 236 g/mol. The van der Waals surface area contributed by atoms with Gasteiger partial charge in [0.2, 0.25) is 0 Å². The van der Waals surface area contributed by atoms with Crippen LogP contribution in [0, 0.1) is 0 Å². The molecule has 0 saturated heterocycles. The largest absolute Gasteiger partial charge is 0.425 e. The SMILES string of the molecule is O=Cc1ccccc1OC(=O)CBr. The fourth-order valence-corrected chi connectivity index (χ4v) is 0.935. The number of para-hydroxylation sites is 1. The molecule has 0 aliphatic heterocycles. The summed E-state index contributed by atoms with van der Waals surface area (Å²) in [5.74, 6) is -0.128. The van der Waals surface area contributed by atoms with E-state index in [2.05, 4.69) is 15.9 Å². The van der Waals surface area contributed by atoms with E-state index < -0.39 is 5.97 Å². The zero-order valence-electron chi connectivity index (χ0n) is 6.70. The zero-order chi connectivity index (χ0) is 9.68. The molecule has 13 heavy (non-hydrogen) atoms. The van der Waals surface area contributed by atoms with Crippen LogP contribution in [-0.4, -0.2) is 17.6 Å². The molecule has 4 heteroatoms. The first-order valence-corrected chi connectivity index (χ1v) is 4.71. The van der Waals surface area contributed by atoms with Gasteiger partial charge >= 0.3 is 5.97 Å². The molecule has 0 aliphatic rings. The highest BCUT2D eigenvalue weighted by atomic mass is 79.9. The van der Waals surface area contributed by atoms with Crippen molar-refractivity contribution in [1.82, 2.24) is 0 Å². The number of aldehydes is 1. The smallest absolute Gasteiger partial charge is 0.321 e. The van der Waals surface area contributed by atoms with Gasteiger partial charge in [0.05, 0.1) is 5.56 Å².